The minimum Gasteiger partial charge on any atom is -0.493 e. The van der Waals surface area contributed by atoms with Crippen molar-refractivity contribution < 1.29 is 19.0 Å². The van der Waals surface area contributed by atoms with Gasteiger partial charge in [0.1, 0.15) is 11.6 Å². The van der Waals surface area contributed by atoms with Crippen molar-refractivity contribution in [2.75, 3.05) is 58.9 Å². The molecule has 1 fully saturated rings. The molecule has 0 aromatic heterocycles. The van der Waals surface area contributed by atoms with Crippen LogP contribution in [0.3, 0.4) is 0 Å². The average Bonchev–Trinajstić information content (AvgIpc) is 2.69. The van der Waals surface area contributed by atoms with Crippen molar-refractivity contribution in [2.45, 2.75) is 0 Å². The molecule has 1 amide bonds. The Balaban J connectivity index is 1.88. The Morgan fingerprint density at radius 1 is 1.31 bits per heavy atom. The van der Waals surface area contributed by atoms with E-state index in [2.05, 4.69) is 15.5 Å². The lowest BCUT2D eigenvalue weighted by Crippen LogP contribution is -2.41. The van der Waals surface area contributed by atoms with Crippen molar-refractivity contribution in [1.82, 2.24) is 10.2 Å². The predicted molar refractivity (Wildman–Crippen MR) is 97.1 cm³/mol. The fourth-order valence-corrected chi connectivity index (χ4v) is 2.48. The molecule has 0 saturated carbocycles. The van der Waals surface area contributed by atoms with Gasteiger partial charge in [0, 0.05) is 44.1 Å². The molecule has 0 bridgehead atoms. The predicted octanol–water partition coefficient (Wildman–Crippen LogP) is 0.972. The van der Waals surface area contributed by atoms with Gasteiger partial charge in [-0.15, -0.1) is 0 Å². The van der Waals surface area contributed by atoms with Gasteiger partial charge in [-0.25, -0.2) is 0 Å². The van der Waals surface area contributed by atoms with Gasteiger partial charge in [-0.2, -0.15) is 5.26 Å². The summed E-state index contributed by atoms with van der Waals surface area (Å²) in [5.74, 6) is 0.747. The summed E-state index contributed by atoms with van der Waals surface area (Å²) in [6.07, 6.45) is 1.38. The van der Waals surface area contributed by atoms with Crippen molar-refractivity contribution in [3.8, 4) is 17.6 Å². The number of nitrogens with one attached hydrogen (secondary N) is 2. The van der Waals surface area contributed by atoms with Crippen LogP contribution in [0.15, 0.2) is 30.0 Å². The lowest BCUT2D eigenvalue weighted by molar-refractivity contribution is -0.117. The van der Waals surface area contributed by atoms with Gasteiger partial charge in [0.05, 0.1) is 27.4 Å². The zero-order valence-electron chi connectivity index (χ0n) is 15.1. The zero-order valence-corrected chi connectivity index (χ0v) is 15.1. The fraction of sp³-hybridized carbons (Fsp3) is 0.444. The number of nitrogens with zero attached hydrogens (tertiary/aromatic N) is 2. The SMILES string of the molecule is COc1ccc(N/C=C(/C#N)C(=O)NCCN2CCOCC2)cc1OC. The first-order valence-electron chi connectivity index (χ1n) is 8.35. The molecular weight excluding hydrogens is 336 g/mol. The van der Waals surface area contributed by atoms with Gasteiger partial charge in [-0.05, 0) is 12.1 Å². The molecule has 1 saturated heterocycles. The number of hydrogen-bond acceptors (Lipinski definition) is 7. The van der Waals surface area contributed by atoms with Crippen molar-refractivity contribution in [1.29, 1.82) is 5.26 Å². The standard InChI is InChI=1S/C18H24N4O4/c1-24-16-4-3-15(11-17(16)25-2)21-13-14(12-19)18(23)20-5-6-22-7-9-26-10-8-22/h3-4,11,13,21H,5-10H2,1-2H3,(H,20,23)/b14-13-. The number of hydrogen-bond donors (Lipinski definition) is 2. The van der Waals surface area contributed by atoms with Gasteiger partial charge in [0.2, 0.25) is 0 Å². The number of carbonyl (C=O) groups excluding carboxylic acids is 1. The third-order valence-electron chi connectivity index (χ3n) is 3.95. The highest BCUT2D eigenvalue weighted by Gasteiger charge is 2.12. The Morgan fingerprint density at radius 3 is 2.69 bits per heavy atom. The summed E-state index contributed by atoms with van der Waals surface area (Å²) in [6, 6.07) is 7.14. The summed E-state index contributed by atoms with van der Waals surface area (Å²) in [5, 5.41) is 14.9. The van der Waals surface area contributed by atoms with Crippen molar-refractivity contribution in [3.05, 3.63) is 30.0 Å². The smallest absolute Gasteiger partial charge is 0.263 e. The number of ether oxygens (including phenoxy) is 3. The Labute approximate surface area is 153 Å². The third-order valence-corrected chi connectivity index (χ3v) is 3.95. The molecule has 26 heavy (non-hydrogen) atoms. The van der Waals surface area contributed by atoms with Crippen LogP contribution in [0.2, 0.25) is 0 Å². The highest BCUT2D eigenvalue weighted by molar-refractivity contribution is 5.97. The monoisotopic (exact) mass is 360 g/mol. The Morgan fingerprint density at radius 2 is 2.04 bits per heavy atom. The van der Waals surface area contributed by atoms with Gasteiger partial charge in [-0.1, -0.05) is 0 Å². The summed E-state index contributed by atoms with van der Waals surface area (Å²) in [5.41, 5.74) is 0.679. The molecule has 0 aliphatic carbocycles. The summed E-state index contributed by atoms with van der Waals surface area (Å²) < 4.78 is 15.7. The van der Waals surface area contributed by atoms with Crippen LogP contribution in [0.5, 0.6) is 11.5 Å². The molecule has 2 rings (SSSR count). The number of amides is 1. The third kappa shape index (κ3) is 5.65. The van der Waals surface area contributed by atoms with Crippen LogP contribution in [0.25, 0.3) is 0 Å². The zero-order chi connectivity index (χ0) is 18.8. The average molecular weight is 360 g/mol. The minimum atomic E-state index is -0.409. The van der Waals surface area contributed by atoms with E-state index in [0.717, 1.165) is 19.6 Å². The quantitative estimate of drug-likeness (QED) is 0.527. The molecule has 1 aromatic carbocycles. The molecule has 1 heterocycles. The summed E-state index contributed by atoms with van der Waals surface area (Å²) >= 11 is 0. The largest absolute Gasteiger partial charge is 0.493 e. The normalized spacial score (nSPS) is 15.0. The molecule has 8 heteroatoms. The first kappa shape index (κ1) is 19.6. The molecule has 8 nitrogen and oxygen atoms in total. The van der Waals surface area contributed by atoms with Crippen LogP contribution in [0, 0.1) is 11.3 Å². The molecule has 0 atom stereocenters. The summed E-state index contributed by atoms with van der Waals surface area (Å²) in [6.45, 7) is 4.36. The number of methoxy groups -OCH3 is 2. The maximum atomic E-state index is 12.1. The van der Waals surface area contributed by atoms with Gasteiger partial charge < -0.3 is 24.8 Å². The highest BCUT2D eigenvalue weighted by atomic mass is 16.5. The first-order chi connectivity index (χ1) is 12.7. The number of rotatable bonds is 8. The topological polar surface area (TPSA) is 95.8 Å². The number of nitriles is 1. The van der Waals surface area contributed by atoms with Crippen LogP contribution < -0.4 is 20.1 Å². The summed E-state index contributed by atoms with van der Waals surface area (Å²) in [7, 11) is 3.10. The molecule has 0 radical (unpaired) electrons. The van der Waals surface area contributed by atoms with E-state index in [1.165, 1.54) is 6.20 Å². The van der Waals surface area contributed by atoms with E-state index in [-0.39, 0.29) is 5.57 Å². The van der Waals surface area contributed by atoms with E-state index in [4.69, 9.17) is 14.2 Å². The van der Waals surface area contributed by atoms with E-state index >= 15 is 0 Å². The van der Waals surface area contributed by atoms with E-state index in [1.807, 2.05) is 6.07 Å². The fourth-order valence-electron chi connectivity index (χ4n) is 2.48. The Bertz CT molecular complexity index is 678. The van der Waals surface area contributed by atoms with Gasteiger partial charge in [-0.3, -0.25) is 9.69 Å². The second kappa shape index (κ2) is 10.3. The molecule has 1 aliphatic heterocycles. The molecular formula is C18H24N4O4. The Kier molecular flexibility index (Phi) is 7.74. The van der Waals surface area contributed by atoms with E-state index < -0.39 is 5.91 Å². The second-order valence-electron chi connectivity index (χ2n) is 5.59. The maximum Gasteiger partial charge on any atom is 0.263 e. The lowest BCUT2D eigenvalue weighted by atomic mass is 10.2. The van der Waals surface area contributed by atoms with Crippen LogP contribution in [0.1, 0.15) is 0 Å². The molecule has 1 aliphatic rings. The van der Waals surface area contributed by atoms with Gasteiger partial charge in [0.25, 0.3) is 5.91 Å². The number of morpholine rings is 1. The van der Waals surface area contributed by atoms with Crippen LogP contribution >= 0.6 is 0 Å². The maximum absolute atomic E-state index is 12.1. The van der Waals surface area contributed by atoms with Crippen molar-refractivity contribution >= 4 is 11.6 Å². The second-order valence-corrected chi connectivity index (χ2v) is 5.59. The lowest BCUT2D eigenvalue weighted by Gasteiger charge is -2.26. The van der Waals surface area contributed by atoms with Crippen molar-refractivity contribution in [2.24, 2.45) is 0 Å². The first-order valence-corrected chi connectivity index (χ1v) is 8.35. The number of carbonyl (C=O) groups is 1. The van der Waals surface area contributed by atoms with E-state index in [9.17, 15) is 10.1 Å². The molecule has 140 valence electrons. The molecule has 2 N–H and O–H groups in total. The van der Waals surface area contributed by atoms with Crippen molar-refractivity contribution in [3.63, 3.8) is 0 Å². The van der Waals surface area contributed by atoms with E-state index in [0.29, 0.717) is 36.9 Å². The van der Waals surface area contributed by atoms with Crippen LogP contribution in [-0.2, 0) is 9.53 Å². The molecule has 0 spiro atoms. The Hall–Kier alpha value is -2.76. The van der Waals surface area contributed by atoms with Crippen LogP contribution in [-0.4, -0.2) is 64.4 Å². The van der Waals surface area contributed by atoms with E-state index in [1.54, 1.807) is 32.4 Å². The van der Waals surface area contributed by atoms with Crippen LogP contribution in [0.4, 0.5) is 5.69 Å². The summed E-state index contributed by atoms with van der Waals surface area (Å²) in [4.78, 5) is 14.3. The molecule has 0 unspecified atom stereocenters. The minimum absolute atomic E-state index is 0.00163. The molecule has 1 aromatic rings. The number of anilines is 1. The van der Waals surface area contributed by atoms with Gasteiger partial charge >= 0.3 is 0 Å². The highest BCUT2D eigenvalue weighted by Crippen LogP contribution is 2.29. The van der Waals surface area contributed by atoms with Gasteiger partial charge in [0.15, 0.2) is 11.5 Å². The number of benzene rings is 1.